The summed E-state index contributed by atoms with van der Waals surface area (Å²) >= 11 is 0. The Morgan fingerprint density at radius 3 is 2.52 bits per heavy atom. The smallest absolute Gasteiger partial charge is 0.310 e. The number of rotatable bonds is 2. The predicted octanol–water partition coefficient (Wildman–Crippen LogP) is 2.56. The number of ether oxygens (including phenoxy) is 1. The monoisotopic (exact) mass is 340 g/mol. The summed E-state index contributed by atoms with van der Waals surface area (Å²) in [6.45, 7) is 2.09. The molecule has 0 heterocycles. The van der Waals surface area contributed by atoms with Crippen molar-refractivity contribution in [3.63, 3.8) is 0 Å². The molecule has 10 atom stereocenters. The molecule has 0 aliphatic heterocycles. The van der Waals surface area contributed by atoms with Crippen molar-refractivity contribution < 1.29 is 19.1 Å². The lowest BCUT2D eigenvalue weighted by Crippen LogP contribution is -2.42. The molecule has 0 aromatic heterocycles. The zero-order chi connectivity index (χ0) is 17.1. The van der Waals surface area contributed by atoms with E-state index in [4.69, 9.17) is 4.74 Å². The Morgan fingerprint density at radius 1 is 1.08 bits per heavy atom. The molecule has 0 aromatic carbocycles. The molecule has 4 nitrogen and oxygen atoms in total. The summed E-state index contributed by atoms with van der Waals surface area (Å²) in [7, 11) is 0. The van der Waals surface area contributed by atoms with Crippen LogP contribution in [0.3, 0.4) is 0 Å². The van der Waals surface area contributed by atoms with Gasteiger partial charge in [0.25, 0.3) is 0 Å². The summed E-state index contributed by atoms with van der Waals surface area (Å²) in [5.41, 5.74) is -0.325. The maximum Gasteiger partial charge on any atom is 0.310 e. The largest absolute Gasteiger partial charge is 0.459 e. The molecule has 0 amide bonds. The van der Waals surface area contributed by atoms with Crippen LogP contribution in [0.25, 0.3) is 0 Å². The minimum atomic E-state index is -0.325. The number of carbonyl (C=O) groups is 3. The number of Topliss-reactive ketones (excluding diaryl/α,β-unsaturated/α-hetero) is 2. The Hall–Kier alpha value is -1.45. The molecule has 6 aliphatic rings. The van der Waals surface area contributed by atoms with Crippen molar-refractivity contribution in [3.8, 4) is 0 Å². The molecular formula is C21H24O4. The van der Waals surface area contributed by atoms with Crippen molar-refractivity contribution >= 4 is 17.5 Å². The average molecular weight is 340 g/mol. The van der Waals surface area contributed by atoms with Gasteiger partial charge in [-0.15, -0.1) is 0 Å². The van der Waals surface area contributed by atoms with E-state index >= 15 is 0 Å². The first-order chi connectivity index (χ1) is 12.0. The van der Waals surface area contributed by atoms with E-state index in [1.165, 1.54) is 12.8 Å². The highest BCUT2D eigenvalue weighted by Crippen LogP contribution is 2.64. The van der Waals surface area contributed by atoms with Crippen LogP contribution in [-0.4, -0.2) is 23.1 Å². The van der Waals surface area contributed by atoms with E-state index in [1.807, 2.05) is 12.2 Å². The summed E-state index contributed by atoms with van der Waals surface area (Å²) in [6, 6.07) is 0. The molecule has 0 spiro atoms. The average Bonchev–Trinajstić information content (AvgIpc) is 3.38. The molecule has 0 N–H and O–H groups in total. The lowest BCUT2D eigenvalue weighted by molar-refractivity contribution is -0.172. The number of hydrogen-bond donors (Lipinski definition) is 0. The third kappa shape index (κ3) is 1.63. The fourth-order valence-electron chi connectivity index (χ4n) is 7.76. The number of carbonyl (C=O) groups excluding carboxylic acids is 3. The molecule has 0 saturated heterocycles. The van der Waals surface area contributed by atoms with Gasteiger partial charge in [-0.2, -0.15) is 0 Å². The fourth-order valence-corrected chi connectivity index (χ4v) is 7.76. The lowest BCUT2D eigenvalue weighted by atomic mass is 9.69. The van der Waals surface area contributed by atoms with Gasteiger partial charge in [0.05, 0.1) is 5.92 Å². The van der Waals surface area contributed by atoms with Gasteiger partial charge in [0.15, 0.2) is 0 Å². The van der Waals surface area contributed by atoms with Crippen molar-refractivity contribution in [2.24, 2.45) is 53.3 Å². The van der Waals surface area contributed by atoms with Crippen LogP contribution in [-0.2, 0) is 19.1 Å². The van der Waals surface area contributed by atoms with Gasteiger partial charge in [0.2, 0.25) is 0 Å². The van der Waals surface area contributed by atoms with E-state index in [2.05, 4.69) is 6.92 Å². The number of esters is 1. The highest BCUT2D eigenvalue weighted by Gasteiger charge is 2.70. The van der Waals surface area contributed by atoms with Crippen LogP contribution in [0.1, 0.15) is 39.0 Å². The summed E-state index contributed by atoms with van der Waals surface area (Å²) in [5.74, 6) is 0.949. The summed E-state index contributed by atoms with van der Waals surface area (Å²) in [6.07, 6.45) is 9.21. The summed E-state index contributed by atoms with van der Waals surface area (Å²) in [5, 5.41) is 0. The molecular weight excluding hydrogens is 316 g/mol. The van der Waals surface area contributed by atoms with Crippen molar-refractivity contribution in [3.05, 3.63) is 12.2 Å². The zero-order valence-electron chi connectivity index (χ0n) is 14.5. The molecule has 10 unspecified atom stereocenters. The van der Waals surface area contributed by atoms with E-state index in [0.29, 0.717) is 18.3 Å². The molecule has 6 rings (SSSR count). The third-order valence-corrected chi connectivity index (χ3v) is 8.71. The Labute approximate surface area is 147 Å². The van der Waals surface area contributed by atoms with E-state index < -0.39 is 0 Å². The van der Waals surface area contributed by atoms with Gasteiger partial charge in [-0.1, -0.05) is 12.2 Å². The normalized spacial score (nSPS) is 56.9. The van der Waals surface area contributed by atoms with Gasteiger partial charge in [-0.25, -0.2) is 0 Å². The molecule has 6 bridgehead atoms. The Kier molecular flexibility index (Phi) is 2.61. The Bertz CT molecular complexity index is 738. The van der Waals surface area contributed by atoms with Gasteiger partial charge in [-0.05, 0) is 62.7 Å². The van der Waals surface area contributed by atoms with Crippen molar-refractivity contribution in [1.82, 2.24) is 0 Å². The molecule has 5 saturated carbocycles. The first-order valence-corrected chi connectivity index (χ1v) is 9.96. The zero-order valence-corrected chi connectivity index (χ0v) is 14.5. The van der Waals surface area contributed by atoms with E-state index in [9.17, 15) is 14.4 Å². The van der Waals surface area contributed by atoms with E-state index in [-0.39, 0.29) is 64.6 Å². The molecule has 6 aliphatic carbocycles. The standard InChI is InChI=1S/C21H24O4/c1-21(8-9-2-3-10(21)6-9)25-20(24)14-7-13-15-11-4-5-12(18(11)22)16(15)17(14)19(13)23/h4-5,9-17H,2-3,6-8H2,1H3. The summed E-state index contributed by atoms with van der Waals surface area (Å²) < 4.78 is 6.08. The highest BCUT2D eigenvalue weighted by atomic mass is 16.6. The highest BCUT2D eigenvalue weighted by molar-refractivity contribution is 6.01. The summed E-state index contributed by atoms with van der Waals surface area (Å²) in [4.78, 5) is 38.2. The lowest BCUT2D eigenvalue weighted by Gasteiger charge is -2.37. The van der Waals surface area contributed by atoms with Gasteiger partial charge >= 0.3 is 5.97 Å². The van der Waals surface area contributed by atoms with Crippen LogP contribution in [0, 0.1) is 53.3 Å². The van der Waals surface area contributed by atoms with E-state index in [1.54, 1.807) is 0 Å². The minimum Gasteiger partial charge on any atom is -0.459 e. The van der Waals surface area contributed by atoms with Crippen LogP contribution >= 0.6 is 0 Å². The van der Waals surface area contributed by atoms with Gasteiger partial charge in [-0.3, -0.25) is 14.4 Å². The molecule has 0 aromatic rings. The third-order valence-electron chi connectivity index (χ3n) is 8.71. The SMILES string of the molecule is CC1(OC(=O)C2CC3C(=O)C2C2C4C=CC(C4=O)C32)CC2CCC1C2. The van der Waals surface area contributed by atoms with E-state index in [0.717, 1.165) is 12.8 Å². The van der Waals surface area contributed by atoms with Crippen LogP contribution in [0.2, 0.25) is 0 Å². The molecule has 132 valence electrons. The van der Waals surface area contributed by atoms with Crippen LogP contribution < -0.4 is 0 Å². The van der Waals surface area contributed by atoms with Crippen molar-refractivity contribution in [2.75, 3.05) is 0 Å². The number of ketones is 2. The fraction of sp³-hybridized carbons (Fsp3) is 0.762. The van der Waals surface area contributed by atoms with Crippen LogP contribution in [0.4, 0.5) is 0 Å². The van der Waals surface area contributed by atoms with Crippen LogP contribution in [0.15, 0.2) is 12.2 Å². The predicted molar refractivity (Wildman–Crippen MR) is 88.1 cm³/mol. The van der Waals surface area contributed by atoms with Crippen molar-refractivity contribution in [2.45, 2.75) is 44.6 Å². The van der Waals surface area contributed by atoms with Gasteiger partial charge < -0.3 is 4.74 Å². The van der Waals surface area contributed by atoms with Crippen molar-refractivity contribution in [1.29, 1.82) is 0 Å². The van der Waals surface area contributed by atoms with Gasteiger partial charge in [0.1, 0.15) is 17.2 Å². The number of allylic oxidation sites excluding steroid dienone is 2. The van der Waals surface area contributed by atoms with Crippen LogP contribution in [0.5, 0.6) is 0 Å². The first-order valence-electron chi connectivity index (χ1n) is 9.96. The quantitative estimate of drug-likeness (QED) is 0.440. The molecule has 25 heavy (non-hydrogen) atoms. The molecule has 5 fully saturated rings. The Balaban J connectivity index is 1.26. The maximum atomic E-state index is 13.0. The van der Waals surface area contributed by atoms with Gasteiger partial charge in [0, 0.05) is 23.7 Å². The Morgan fingerprint density at radius 2 is 1.84 bits per heavy atom. The number of fused-ring (bicyclic) bond motifs is 11. The second-order valence-electron chi connectivity index (χ2n) is 9.68. The number of hydrogen-bond acceptors (Lipinski definition) is 4. The first kappa shape index (κ1) is 14.7. The second-order valence-corrected chi connectivity index (χ2v) is 9.68. The second kappa shape index (κ2) is 4.44. The maximum absolute atomic E-state index is 13.0. The molecule has 0 radical (unpaired) electrons. The molecule has 4 heteroatoms. The minimum absolute atomic E-state index is 0.0611. The topological polar surface area (TPSA) is 60.4 Å².